The first-order valence-electron chi connectivity index (χ1n) is 8.61. The second kappa shape index (κ2) is 9.41. The number of nitrogens with one attached hydrogen (secondary N) is 1. The molecule has 0 spiro atoms. The monoisotopic (exact) mass is 420 g/mol. The molecule has 0 atom stereocenters. The fourth-order valence-electron chi connectivity index (χ4n) is 2.38. The van der Waals surface area contributed by atoms with Crippen molar-refractivity contribution in [1.29, 1.82) is 0 Å². The molecule has 11 nitrogen and oxygen atoms in total. The molecule has 0 aliphatic carbocycles. The van der Waals surface area contributed by atoms with E-state index in [0.717, 1.165) is 0 Å². The quantitative estimate of drug-likeness (QED) is 0.448. The van der Waals surface area contributed by atoms with Gasteiger partial charge in [-0.3, -0.25) is 9.71 Å². The summed E-state index contributed by atoms with van der Waals surface area (Å²) in [4.78, 5) is 4.29. The smallest absolute Gasteiger partial charge is 0.236 e. The summed E-state index contributed by atoms with van der Waals surface area (Å²) in [5, 5.41) is 21.0. The zero-order valence-corrected chi connectivity index (χ0v) is 16.4. The Balaban J connectivity index is 1.90. The van der Waals surface area contributed by atoms with Gasteiger partial charge < -0.3 is 14.6 Å². The summed E-state index contributed by atoms with van der Waals surface area (Å²) in [5.74, 6) is 0.527. The molecular weight excluding hydrogens is 400 g/mol. The second-order valence-corrected chi connectivity index (χ2v) is 7.57. The summed E-state index contributed by atoms with van der Waals surface area (Å²) in [6.45, 7) is -0.147. The maximum atomic E-state index is 12.3. The van der Waals surface area contributed by atoms with Crippen molar-refractivity contribution < 1.29 is 23.0 Å². The van der Waals surface area contributed by atoms with E-state index in [1.54, 1.807) is 36.5 Å². The van der Waals surface area contributed by atoms with Gasteiger partial charge >= 0.3 is 0 Å². The highest BCUT2D eigenvalue weighted by Crippen LogP contribution is 2.24. The lowest BCUT2D eigenvalue weighted by atomic mass is 10.2. The van der Waals surface area contributed by atoms with E-state index in [-0.39, 0.29) is 31.4 Å². The summed E-state index contributed by atoms with van der Waals surface area (Å²) in [5.41, 5.74) is 1.11. The number of nitrogens with zero attached hydrogens (tertiary/aromatic N) is 5. The minimum Gasteiger partial charge on any atom is -0.480 e. The molecule has 0 aliphatic rings. The van der Waals surface area contributed by atoms with Crippen molar-refractivity contribution in [2.45, 2.75) is 0 Å². The topological polar surface area (TPSA) is 141 Å². The molecule has 0 aromatic carbocycles. The molecule has 0 unspecified atom stereocenters. The first kappa shape index (κ1) is 20.6. The highest BCUT2D eigenvalue weighted by Gasteiger charge is 2.18. The highest BCUT2D eigenvalue weighted by molar-refractivity contribution is 7.92. The average molecular weight is 420 g/mol. The Labute approximate surface area is 167 Å². The maximum absolute atomic E-state index is 12.3. The van der Waals surface area contributed by atoms with Crippen LogP contribution >= 0.6 is 0 Å². The molecule has 3 aromatic heterocycles. The van der Waals surface area contributed by atoms with Crippen LogP contribution in [0.5, 0.6) is 5.88 Å². The number of aliphatic hydroxyl groups excluding tert-OH is 1. The van der Waals surface area contributed by atoms with Crippen LogP contribution in [0.25, 0.3) is 17.2 Å². The molecule has 0 saturated heterocycles. The van der Waals surface area contributed by atoms with Crippen LogP contribution in [-0.2, 0) is 14.8 Å². The molecule has 29 heavy (non-hydrogen) atoms. The molecule has 154 valence electrons. The van der Waals surface area contributed by atoms with E-state index in [2.05, 4.69) is 25.0 Å². The lowest BCUT2D eigenvalue weighted by Gasteiger charge is -2.06. The van der Waals surface area contributed by atoms with Crippen molar-refractivity contribution in [1.82, 2.24) is 25.0 Å². The Morgan fingerprint density at radius 3 is 2.69 bits per heavy atom. The van der Waals surface area contributed by atoms with Crippen LogP contribution in [0.2, 0.25) is 0 Å². The van der Waals surface area contributed by atoms with Gasteiger partial charge in [-0.05, 0) is 18.2 Å². The zero-order valence-electron chi connectivity index (χ0n) is 15.6. The van der Waals surface area contributed by atoms with Crippen molar-refractivity contribution in [2.24, 2.45) is 0 Å². The van der Waals surface area contributed by atoms with Gasteiger partial charge in [0.1, 0.15) is 0 Å². The minimum absolute atomic E-state index is 0.0480. The van der Waals surface area contributed by atoms with Crippen LogP contribution in [0.4, 0.5) is 5.82 Å². The van der Waals surface area contributed by atoms with Gasteiger partial charge in [0, 0.05) is 18.3 Å². The van der Waals surface area contributed by atoms with Gasteiger partial charge in [0.25, 0.3) is 0 Å². The van der Waals surface area contributed by atoms with Crippen LogP contribution in [0.15, 0.2) is 42.6 Å². The van der Waals surface area contributed by atoms with Gasteiger partial charge in [0.15, 0.2) is 11.6 Å². The number of aliphatic hydroxyl groups is 1. The largest absolute Gasteiger partial charge is 0.480 e. The van der Waals surface area contributed by atoms with E-state index in [1.165, 1.54) is 11.8 Å². The normalized spacial score (nSPS) is 11.4. The molecule has 0 radical (unpaired) electrons. The molecule has 3 aromatic rings. The summed E-state index contributed by atoms with van der Waals surface area (Å²) in [6, 6.07) is 10.2. The Hall–Kier alpha value is -3.09. The molecule has 0 amide bonds. The van der Waals surface area contributed by atoms with Gasteiger partial charge in [0.05, 0.1) is 44.1 Å². The van der Waals surface area contributed by atoms with Crippen molar-refractivity contribution >= 4 is 15.8 Å². The number of pyridine rings is 1. The van der Waals surface area contributed by atoms with Crippen LogP contribution in [0.3, 0.4) is 0 Å². The molecule has 2 N–H and O–H groups in total. The molecule has 12 heteroatoms. The van der Waals surface area contributed by atoms with E-state index in [0.29, 0.717) is 23.1 Å². The SMILES string of the molecule is COc1ccc(-n2nc(NS(=O)(=O)CCOCCO)cc2-c2ccccn2)nn1. The lowest BCUT2D eigenvalue weighted by Crippen LogP contribution is -2.21. The van der Waals surface area contributed by atoms with Gasteiger partial charge in [-0.15, -0.1) is 15.3 Å². The summed E-state index contributed by atoms with van der Waals surface area (Å²) in [7, 11) is -2.22. The number of methoxy groups -OCH3 is 1. The van der Waals surface area contributed by atoms with E-state index in [9.17, 15) is 8.42 Å². The number of ether oxygens (including phenoxy) is 2. The van der Waals surface area contributed by atoms with E-state index in [1.807, 2.05) is 6.07 Å². The fourth-order valence-corrected chi connectivity index (χ4v) is 3.24. The summed E-state index contributed by atoms with van der Waals surface area (Å²) < 4.78 is 38.4. The Morgan fingerprint density at radius 1 is 1.17 bits per heavy atom. The molecule has 3 rings (SSSR count). The standard InChI is InChI=1S/C17H20N6O5S/c1-27-17-6-5-16(19-20-17)23-14(13-4-2-3-7-18-13)12-15(21-23)22-29(25,26)11-10-28-9-8-24/h2-7,12,24H,8-11H2,1H3,(H,21,22). The van der Waals surface area contributed by atoms with E-state index >= 15 is 0 Å². The average Bonchev–Trinajstić information content (AvgIpc) is 3.15. The van der Waals surface area contributed by atoms with E-state index in [4.69, 9.17) is 14.6 Å². The Kier molecular flexibility index (Phi) is 6.69. The maximum Gasteiger partial charge on any atom is 0.236 e. The molecular formula is C17H20N6O5S. The van der Waals surface area contributed by atoms with Crippen molar-refractivity contribution in [2.75, 3.05) is 37.4 Å². The number of sulfonamides is 1. The zero-order chi connectivity index (χ0) is 20.7. The number of rotatable bonds is 10. The Morgan fingerprint density at radius 2 is 2.03 bits per heavy atom. The molecule has 0 bridgehead atoms. The third-order valence-corrected chi connectivity index (χ3v) is 4.91. The Bertz CT molecular complexity index is 1020. The van der Waals surface area contributed by atoms with Crippen LogP contribution < -0.4 is 9.46 Å². The second-order valence-electron chi connectivity index (χ2n) is 5.73. The van der Waals surface area contributed by atoms with Gasteiger partial charge in [-0.1, -0.05) is 6.07 Å². The van der Waals surface area contributed by atoms with Gasteiger partial charge in [-0.25, -0.2) is 13.1 Å². The summed E-state index contributed by atoms with van der Waals surface area (Å²) >= 11 is 0. The van der Waals surface area contributed by atoms with E-state index < -0.39 is 10.0 Å². The molecule has 0 saturated carbocycles. The molecule has 3 heterocycles. The molecule has 0 aliphatic heterocycles. The van der Waals surface area contributed by atoms with Gasteiger partial charge in [0.2, 0.25) is 15.9 Å². The number of hydrogen-bond donors (Lipinski definition) is 2. The van der Waals surface area contributed by atoms with Crippen LogP contribution in [0, 0.1) is 0 Å². The summed E-state index contributed by atoms with van der Waals surface area (Å²) in [6.07, 6.45) is 1.62. The van der Waals surface area contributed by atoms with Crippen LogP contribution in [-0.4, -0.2) is 71.2 Å². The predicted octanol–water partition coefficient (Wildman–Crippen LogP) is 0.483. The lowest BCUT2D eigenvalue weighted by molar-refractivity contribution is 0.103. The molecule has 0 fully saturated rings. The van der Waals surface area contributed by atoms with Crippen LogP contribution in [0.1, 0.15) is 0 Å². The van der Waals surface area contributed by atoms with Crippen molar-refractivity contribution in [3.63, 3.8) is 0 Å². The number of hydrogen-bond acceptors (Lipinski definition) is 9. The first-order valence-corrected chi connectivity index (χ1v) is 10.3. The number of aromatic nitrogens is 5. The third-order valence-electron chi connectivity index (χ3n) is 3.68. The fraction of sp³-hybridized carbons (Fsp3) is 0.294. The van der Waals surface area contributed by atoms with Gasteiger partial charge in [-0.2, -0.15) is 0 Å². The first-order chi connectivity index (χ1) is 14.0. The predicted molar refractivity (Wildman–Crippen MR) is 104 cm³/mol. The highest BCUT2D eigenvalue weighted by atomic mass is 32.2. The minimum atomic E-state index is -3.70. The van der Waals surface area contributed by atoms with Crippen molar-refractivity contribution in [3.8, 4) is 23.1 Å². The number of anilines is 1. The third kappa shape index (κ3) is 5.47. The van der Waals surface area contributed by atoms with Crippen molar-refractivity contribution in [3.05, 3.63) is 42.6 Å².